The summed E-state index contributed by atoms with van der Waals surface area (Å²) in [4.78, 5) is 2.80. The standard InChI is InChI=1S/C16H32N2/c1-4-17-12-15-7-9-18(10-8-15)16-6-5-13(2)11-14(16)3/h13-17H,4-12H2,1-3H3. The first-order valence-corrected chi connectivity index (χ1v) is 8.15. The molecule has 0 aromatic rings. The molecule has 3 unspecified atom stereocenters. The molecular weight excluding hydrogens is 220 g/mol. The van der Waals surface area contributed by atoms with E-state index in [1.165, 1.54) is 51.7 Å². The predicted molar refractivity (Wildman–Crippen MR) is 78.8 cm³/mol. The number of nitrogens with zero attached hydrogens (tertiary/aromatic N) is 1. The fraction of sp³-hybridized carbons (Fsp3) is 1.00. The van der Waals surface area contributed by atoms with E-state index in [2.05, 4.69) is 31.0 Å². The van der Waals surface area contributed by atoms with E-state index in [9.17, 15) is 0 Å². The van der Waals surface area contributed by atoms with Gasteiger partial charge in [0.15, 0.2) is 0 Å². The second kappa shape index (κ2) is 6.91. The predicted octanol–water partition coefficient (Wildman–Crippen LogP) is 3.13. The van der Waals surface area contributed by atoms with Crippen LogP contribution in [0.5, 0.6) is 0 Å². The van der Waals surface area contributed by atoms with E-state index in [4.69, 9.17) is 0 Å². The summed E-state index contributed by atoms with van der Waals surface area (Å²) in [6, 6.07) is 0.890. The highest BCUT2D eigenvalue weighted by Crippen LogP contribution is 2.33. The monoisotopic (exact) mass is 252 g/mol. The molecule has 3 atom stereocenters. The second-order valence-corrected chi connectivity index (χ2v) is 6.75. The minimum atomic E-state index is 0.890. The van der Waals surface area contributed by atoms with E-state index in [-0.39, 0.29) is 0 Å². The van der Waals surface area contributed by atoms with Gasteiger partial charge in [-0.2, -0.15) is 0 Å². The van der Waals surface area contributed by atoms with Gasteiger partial charge >= 0.3 is 0 Å². The van der Waals surface area contributed by atoms with Gasteiger partial charge in [-0.15, -0.1) is 0 Å². The summed E-state index contributed by atoms with van der Waals surface area (Å²) < 4.78 is 0. The lowest BCUT2D eigenvalue weighted by molar-refractivity contribution is 0.0618. The van der Waals surface area contributed by atoms with Crippen LogP contribution in [0.15, 0.2) is 0 Å². The van der Waals surface area contributed by atoms with Crippen molar-refractivity contribution in [3.8, 4) is 0 Å². The molecule has 0 amide bonds. The maximum Gasteiger partial charge on any atom is 0.0121 e. The van der Waals surface area contributed by atoms with E-state index < -0.39 is 0 Å². The van der Waals surface area contributed by atoms with Crippen molar-refractivity contribution in [3.05, 3.63) is 0 Å². The Balaban J connectivity index is 1.75. The molecule has 1 N–H and O–H groups in total. The zero-order valence-electron chi connectivity index (χ0n) is 12.6. The van der Waals surface area contributed by atoms with Crippen LogP contribution in [0.4, 0.5) is 0 Å². The summed E-state index contributed by atoms with van der Waals surface area (Å²) in [6.07, 6.45) is 7.16. The Labute approximate surface area is 114 Å². The normalized spacial score (nSPS) is 35.8. The third-order valence-corrected chi connectivity index (χ3v) is 5.19. The summed E-state index contributed by atoms with van der Waals surface area (Å²) in [5.41, 5.74) is 0. The van der Waals surface area contributed by atoms with Crippen molar-refractivity contribution in [2.45, 2.75) is 58.9 Å². The first-order chi connectivity index (χ1) is 8.70. The highest BCUT2D eigenvalue weighted by Gasteiger charge is 2.31. The summed E-state index contributed by atoms with van der Waals surface area (Å²) in [5, 5.41) is 3.51. The van der Waals surface area contributed by atoms with Gasteiger partial charge in [-0.1, -0.05) is 20.8 Å². The highest BCUT2D eigenvalue weighted by atomic mass is 15.2. The van der Waals surface area contributed by atoms with Crippen LogP contribution in [0.25, 0.3) is 0 Å². The van der Waals surface area contributed by atoms with E-state index in [1.807, 2.05) is 0 Å². The first-order valence-electron chi connectivity index (χ1n) is 8.15. The lowest BCUT2D eigenvalue weighted by Gasteiger charge is -2.43. The average molecular weight is 252 g/mol. The third-order valence-electron chi connectivity index (χ3n) is 5.19. The Morgan fingerprint density at radius 3 is 2.39 bits per heavy atom. The fourth-order valence-electron chi connectivity index (χ4n) is 4.03. The lowest BCUT2D eigenvalue weighted by Crippen LogP contribution is -2.47. The van der Waals surface area contributed by atoms with Gasteiger partial charge in [-0.05, 0) is 76.0 Å². The molecule has 1 saturated heterocycles. The largest absolute Gasteiger partial charge is 0.317 e. The van der Waals surface area contributed by atoms with Gasteiger partial charge in [-0.25, -0.2) is 0 Å². The maximum atomic E-state index is 3.51. The van der Waals surface area contributed by atoms with Crippen LogP contribution in [-0.2, 0) is 0 Å². The number of nitrogens with one attached hydrogen (secondary N) is 1. The van der Waals surface area contributed by atoms with Crippen LogP contribution in [0.1, 0.15) is 52.9 Å². The SMILES string of the molecule is CCNCC1CCN(C2CCC(C)CC2C)CC1. The number of rotatable bonds is 4. The fourth-order valence-corrected chi connectivity index (χ4v) is 4.03. The van der Waals surface area contributed by atoms with Crippen LogP contribution in [0.2, 0.25) is 0 Å². The summed E-state index contributed by atoms with van der Waals surface area (Å²) in [5.74, 6) is 2.81. The second-order valence-electron chi connectivity index (χ2n) is 6.75. The van der Waals surface area contributed by atoms with Gasteiger partial charge in [-0.3, -0.25) is 0 Å². The highest BCUT2D eigenvalue weighted by molar-refractivity contribution is 4.86. The summed E-state index contributed by atoms with van der Waals surface area (Å²) in [6.45, 7) is 12.2. The maximum absolute atomic E-state index is 3.51. The molecule has 0 aromatic heterocycles. The van der Waals surface area contributed by atoms with Crippen molar-refractivity contribution < 1.29 is 0 Å². The Morgan fingerprint density at radius 1 is 1.06 bits per heavy atom. The molecule has 0 aromatic carbocycles. The van der Waals surface area contributed by atoms with Crippen LogP contribution in [0.3, 0.4) is 0 Å². The van der Waals surface area contributed by atoms with Crippen molar-refractivity contribution >= 4 is 0 Å². The van der Waals surface area contributed by atoms with E-state index in [0.29, 0.717) is 0 Å². The zero-order valence-corrected chi connectivity index (χ0v) is 12.6. The van der Waals surface area contributed by atoms with Crippen LogP contribution in [-0.4, -0.2) is 37.1 Å². The third kappa shape index (κ3) is 3.71. The van der Waals surface area contributed by atoms with Gasteiger partial charge in [0, 0.05) is 6.04 Å². The van der Waals surface area contributed by atoms with E-state index >= 15 is 0 Å². The topological polar surface area (TPSA) is 15.3 Å². The Hall–Kier alpha value is -0.0800. The van der Waals surface area contributed by atoms with Gasteiger partial charge < -0.3 is 10.2 Å². The van der Waals surface area contributed by atoms with Crippen molar-refractivity contribution in [1.29, 1.82) is 0 Å². The van der Waals surface area contributed by atoms with Gasteiger partial charge in [0.25, 0.3) is 0 Å². The molecule has 0 radical (unpaired) electrons. The minimum Gasteiger partial charge on any atom is -0.317 e. The molecule has 106 valence electrons. The van der Waals surface area contributed by atoms with Crippen LogP contribution in [0, 0.1) is 17.8 Å². The Morgan fingerprint density at radius 2 is 1.78 bits per heavy atom. The number of likely N-dealkylation sites (tertiary alicyclic amines) is 1. The molecule has 0 spiro atoms. The van der Waals surface area contributed by atoms with Crippen molar-refractivity contribution in [2.24, 2.45) is 17.8 Å². The first kappa shape index (κ1) is 14.3. The molecule has 1 heterocycles. The smallest absolute Gasteiger partial charge is 0.0121 e. The van der Waals surface area contributed by atoms with Crippen LogP contribution >= 0.6 is 0 Å². The molecule has 2 rings (SSSR count). The van der Waals surface area contributed by atoms with Crippen molar-refractivity contribution in [3.63, 3.8) is 0 Å². The van der Waals surface area contributed by atoms with Gasteiger partial charge in [0.1, 0.15) is 0 Å². The number of hydrogen-bond donors (Lipinski definition) is 1. The van der Waals surface area contributed by atoms with Gasteiger partial charge in [0.2, 0.25) is 0 Å². The van der Waals surface area contributed by atoms with Crippen LogP contribution < -0.4 is 5.32 Å². The molecule has 2 nitrogen and oxygen atoms in total. The lowest BCUT2D eigenvalue weighted by atomic mass is 9.78. The quantitative estimate of drug-likeness (QED) is 0.827. The molecule has 2 fully saturated rings. The molecule has 18 heavy (non-hydrogen) atoms. The Kier molecular flexibility index (Phi) is 5.50. The molecule has 2 aliphatic rings. The molecule has 2 heteroatoms. The number of hydrogen-bond acceptors (Lipinski definition) is 2. The van der Waals surface area contributed by atoms with Gasteiger partial charge in [0.05, 0.1) is 0 Å². The van der Waals surface area contributed by atoms with E-state index in [0.717, 1.165) is 30.3 Å². The molecule has 0 bridgehead atoms. The summed E-state index contributed by atoms with van der Waals surface area (Å²) in [7, 11) is 0. The number of piperidine rings is 1. The average Bonchev–Trinajstić information content (AvgIpc) is 2.37. The van der Waals surface area contributed by atoms with Crippen molar-refractivity contribution in [2.75, 3.05) is 26.2 Å². The molecule has 1 saturated carbocycles. The molecule has 1 aliphatic heterocycles. The minimum absolute atomic E-state index is 0.890. The molecule has 1 aliphatic carbocycles. The van der Waals surface area contributed by atoms with Crippen molar-refractivity contribution in [1.82, 2.24) is 10.2 Å². The van der Waals surface area contributed by atoms with E-state index in [1.54, 1.807) is 0 Å². The molecular formula is C16H32N2. The summed E-state index contributed by atoms with van der Waals surface area (Å²) >= 11 is 0. The zero-order chi connectivity index (χ0) is 13.0. The Bertz CT molecular complexity index is 233.